The first-order valence-corrected chi connectivity index (χ1v) is 7.67. The molecule has 0 atom stereocenters. The minimum Gasteiger partial charge on any atom is -0.396 e. The van der Waals surface area contributed by atoms with Gasteiger partial charge in [0.1, 0.15) is 5.78 Å². The molecule has 0 spiro atoms. The van der Waals surface area contributed by atoms with Gasteiger partial charge in [-0.3, -0.25) is 9.69 Å². The van der Waals surface area contributed by atoms with Crippen molar-refractivity contribution in [1.82, 2.24) is 4.90 Å². The molecule has 0 aliphatic carbocycles. The fourth-order valence-corrected chi connectivity index (χ4v) is 2.89. The first-order chi connectivity index (χ1) is 9.78. The molecule has 1 N–H and O–H groups in total. The van der Waals surface area contributed by atoms with Crippen molar-refractivity contribution in [3.05, 3.63) is 35.9 Å². The van der Waals surface area contributed by atoms with E-state index in [9.17, 15) is 4.79 Å². The van der Waals surface area contributed by atoms with Crippen LogP contribution >= 0.6 is 0 Å². The van der Waals surface area contributed by atoms with Gasteiger partial charge < -0.3 is 5.11 Å². The Hall–Kier alpha value is -1.19. The fraction of sp³-hybridized carbons (Fsp3) is 0.588. The molecule has 20 heavy (non-hydrogen) atoms. The van der Waals surface area contributed by atoms with E-state index in [0.717, 1.165) is 32.5 Å². The zero-order chi connectivity index (χ0) is 14.2. The summed E-state index contributed by atoms with van der Waals surface area (Å²) in [6.07, 6.45) is 4.11. The summed E-state index contributed by atoms with van der Waals surface area (Å²) in [6.45, 7) is 3.33. The first kappa shape index (κ1) is 15.2. The fourth-order valence-electron chi connectivity index (χ4n) is 2.89. The summed E-state index contributed by atoms with van der Waals surface area (Å²) in [6, 6.07) is 10.6. The van der Waals surface area contributed by atoms with E-state index in [4.69, 9.17) is 5.11 Å². The first-order valence-electron chi connectivity index (χ1n) is 7.67. The van der Waals surface area contributed by atoms with Crippen LogP contribution in [-0.2, 0) is 11.3 Å². The lowest BCUT2D eigenvalue weighted by molar-refractivity contribution is -0.120. The number of rotatable bonds is 7. The summed E-state index contributed by atoms with van der Waals surface area (Å²) in [7, 11) is 0. The Morgan fingerprint density at radius 3 is 2.55 bits per heavy atom. The summed E-state index contributed by atoms with van der Waals surface area (Å²) in [5, 5.41) is 8.74. The van der Waals surface area contributed by atoms with E-state index < -0.39 is 0 Å². The van der Waals surface area contributed by atoms with Gasteiger partial charge in [0.15, 0.2) is 0 Å². The van der Waals surface area contributed by atoms with Crippen molar-refractivity contribution in [2.75, 3.05) is 19.7 Å². The summed E-state index contributed by atoms with van der Waals surface area (Å²) < 4.78 is 0. The number of hydrogen-bond donors (Lipinski definition) is 1. The molecule has 0 saturated carbocycles. The van der Waals surface area contributed by atoms with Crippen LogP contribution in [0.4, 0.5) is 0 Å². The van der Waals surface area contributed by atoms with E-state index in [1.165, 1.54) is 5.56 Å². The second-order valence-corrected chi connectivity index (χ2v) is 5.78. The number of benzene rings is 1. The van der Waals surface area contributed by atoms with E-state index in [0.29, 0.717) is 31.0 Å². The van der Waals surface area contributed by atoms with E-state index in [1.54, 1.807) is 0 Å². The van der Waals surface area contributed by atoms with Crippen molar-refractivity contribution in [2.45, 2.75) is 38.6 Å². The zero-order valence-corrected chi connectivity index (χ0v) is 12.1. The molecule has 1 saturated heterocycles. The average Bonchev–Trinajstić information content (AvgIpc) is 2.48. The van der Waals surface area contributed by atoms with Gasteiger partial charge in [0.05, 0.1) is 0 Å². The van der Waals surface area contributed by atoms with Crippen molar-refractivity contribution < 1.29 is 9.90 Å². The Labute approximate surface area is 121 Å². The van der Waals surface area contributed by atoms with Gasteiger partial charge in [-0.15, -0.1) is 0 Å². The van der Waals surface area contributed by atoms with E-state index in [2.05, 4.69) is 29.2 Å². The van der Waals surface area contributed by atoms with Gasteiger partial charge in [-0.1, -0.05) is 30.3 Å². The number of piperidine rings is 1. The number of aliphatic hydroxyl groups excluding tert-OH is 1. The largest absolute Gasteiger partial charge is 0.396 e. The van der Waals surface area contributed by atoms with Crippen molar-refractivity contribution >= 4 is 5.78 Å². The number of likely N-dealkylation sites (tertiary alicyclic amines) is 1. The molecule has 0 radical (unpaired) electrons. The maximum Gasteiger partial charge on any atom is 0.133 e. The highest BCUT2D eigenvalue weighted by molar-refractivity contribution is 5.78. The number of carbonyl (C=O) groups excluding carboxylic acids is 1. The lowest BCUT2D eigenvalue weighted by Gasteiger charge is -2.31. The third-order valence-electron chi connectivity index (χ3n) is 4.09. The van der Waals surface area contributed by atoms with Crippen molar-refractivity contribution in [3.63, 3.8) is 0 Å². The van der Waals surface area contributed by atoms with Gasteiger partial charge in [-0.05, 0) is 43.8 Å². The normalized spacial score (nSPS) is 17.2. The van der Waals surface area contributed by atoms with Crippen molar-refractivity contribution in [3.8, 4) is 0 Å². The van der Waals surface area contributed by atoms with Crippen molar-refractivity contribution in [1.29, 1.82) is 0 Å². The monoisotopic (exact) mass is 275 g/mol. The van der Waals surface area contributed by atoms with Crippen LogP contribution in [0.1, 0.15) is 37.7 Å². The number of aliphatic hydroxyl groups is 1. The molecular weight excluding hydrogens is 250 g/mol. The third-order valence-corrected chi connectivity index (χ3v) is 4.09. The van der Waals surface area contributed by atoms with Crippen LogP contribution in [0.3, 0.4) is 0 Å². The molecular formula is C17H25NO2. The summed E-state index contributed by atoms with van der Waals surface area (Å²) in [5.41, 5.74) is 1.37. The Bertz CT molecular complexity index is 397. The van der Waals surface area contributed by atoms with E-state index in [1.807, 2.05) is 6.07 Å². The van der Waals surface area contributed by atoms with Gasteiger partial charge in [-0.2, -0.15) is 0 Å². The molecule has 3 nitrogen and oxygen atoms in total. The SMILES string of the molecule is O=C(CCCO)CC1CCN(Cc2ccccc2)CC1. The van der Waals surface area contributed by atoms with Gasteiger partial charge in [0, 0.05) is 26.0 Å². The summed E-state index contributed by atoms with van der Waals surface area (Å²) >= 11 is 0. The summed E-state index contributed by atoms with van der Waals surface area (Å²) in [5.74, 6) is 0.869. The van der Waals surface area contributed by atoms with Crippen LogP contribution in [0.2, 0.25) is 0 Å². The van der Waals surface area contributed by atoms with Crippen LogP contribution < -0.4 is 0 Å². The Kier molecular flexibility index (Phi) is 6.22. The molecule has 0 amide bonds. The molecule has 1 aliphatic heterocycles. The molecule has 1 heterocycles. The Morgan fingerprint density at radius 1 is 1.20 bits per heavy atom. The van der Waals surface area contributed by atoms with Gasteiger partial charge in [0.25, 0.3) is 0 Å². The van der Waals surface area contributed by atoms with Crippen LogP contribution in [-0.4, -0.2) is 35.5 Å². The highest BCUT2D eigenvalue weighted by Gasteiger charge is 2.21. The molecule has 3 heteroatoms. The lowest BCUT2D eigenvalue weighted by Crippen LogP contribution is -2.33. The molecule has 1 aromatic rings. The lowest BCUT2D eigenvalue weighted by atomic mass is 9.90. The molecule has 110 valence electrons. The number of Topliss-reactive ketones (excluding diaryl/α,β-unsaturated/α-hetero) is 1. The van der Waals surface area contributed by atoms with Gasteiger partial charge in [-0.25, -0.2) is 0 Å². The Balaban J connectivity index is 1.68. The number of carbonyl (C=O) groups is 1. The van der Waals surface area contributed by atoms with Gasteiger partial charge in [0.2, 0.25) is 0 Å². The van der Waals surface area contributed by atoms with E-state index >= 15 is 0 Å². The maximum atomic E-state index is 11.7. The van der Waals surface area contributed by atoms with Crippen LogP contribution in [0.15, 0.2) is 30.3 Å². The highest BCUT2D eigenvalue weighted by Crippen LogP contribution is 2.22. The number of ketones is 1. The predicted molar refractivity (Wildman–Crippen MR) is 80.4 cm³/mol. The molecule has 0 unspecified atom stereocenters. The average molecular weight is 275 g/mol. The minimum atomic E-state index is 0.126. The maximum absolute atomic E-state index is 11.7. The van der Waals surface area contributed by atoms with Crippen molar-refractivity contribution in [2.24, 2.45) is 5.92 Å². The number of hydrogen-bond acceptors (Lipinski definition) is 3. The topological polar surface area (TPSA) is 40.5 Å². The second-order valence-electron chi connectivity index (χ2n) is 5.78. The molecule has 1 fully saturated rings. The third kappa shape index (κ3) is 5.06. The molecule has 0 aromatic heterocycles. The predicted octanol–water partition coefficient (Wildman–Crippen LogP) is 2.63. The van der Waals surface area contributed by atoms with Gasteiger partial charge >= 0.3 is 0 Å². The quantitative estimate of drug-likeness (QED) is 0.831. The van der Waals surface area contributed by atoms with Crippen LogP contribution in [0.25, 0.3) is 0 Å². The second kappa shape index (κ2) is 8.18. The molecule has 2 rings (SSSR count). The molecule has 1 aliphatic rings. The minimum absolute atomic E-state index is 0.126. The highest BCUT2D eigenvalue weighted by atomic mass is 16.3. The smallest absolute Gasteiger partial charge is 0.133 e. The molecule has 0 bridgehead atoms. The standard InChI is InChI=1S/C17H25NO2/c19-12-4-7-17(20)13-15-8-10-18(11-9-15)14-16-5-2-1-3-6-16/h1-3,5-6,15,19H,4,7-14H2. The van der Waals surface area contributed by atoms with E-state index in [-0.39, 0.29) is 6.61 Å². The summed E-state index contributed by atoms with van der Waals surface area (Å²) in [4.78, 5) is 14.2. The molecule has 1 aromatic carbocycles. The van der Waals surface area contributed by atoms with Crippen LogP contribution in [0.5, 0.6) is 0 Å². The zero-order valence-electron chi connectivity index (χ0n) is 12.1. The Morgan fingerprint density at radius 2 is 1.90 bits per heavy atom. The van der Waals surface area contributed by atoms with Crippen LogP contribution in [0, 0.1) is 5.92 Å². The number of nitrogens with zero attached hydrogens (tertiary/aromatic N) is 1.